The summed E-state index contributed by atoms with van der Waals surface area (Å²) < 4.78 is 5.77. The van der Waals surface area contributed by atoms with Crippen LogP contribution in [-0.4, -0.2) is 9.97 Å². The molecule has 20 heavy (non-hydrogen) atoms. The van der Waals surface area contributed by atoms with Gasteiger partial charge in [-0.3, -0.25) is 0 Å². The van der Waals surface area contributed by atoms with Crippen LogP contribution in [0.15, 0.2) is 30.3 Å². The lowest BCUT2D eigenvalue weighted by Gasteiger charge is -2.06. The number of hydrogen-bond donors (Lipinski definition) is 0. The number of benzene rings is 1. The average Bonchev–Trinajstić information content (AvgIpc) is 2.78. The summed E-state index contributed by atoms with van der Waals surface area (Å²) in [7, 11) is 0. The summed E-state index contributed by atoms with van der Waals surface area (Å²) in [6.07, 6.45) is 0. The molecule has 0 aliphatic rings. The van der Waals surface area contributed by atoms with Gasteiger partial charge in [-0.15, -0.1) is 11.3 Å². The molecule has 0 saturated heterocycles. The Morgan fingerprint density at radius 1 is 1.15 bits per heavy atom. The zero-order chi connectivity index (χ0) is 14.1. The Balaban J connectivity index is 1.88. The number of aromatic nitrogens is 2. The van der Waals surface area contributed by atoms with Gasteiger partial charge in [-0.2, -0.15) is 4.98 Å². The standard InChI is InChI=1S/C14H10Cl2N2OS/c1-8-6-11-12(17-14(16)18-13(11)20-8)19-7-9-2-4-10(15)5-3-9/h2-6H,7H2,1H3. The first-order chi connectivity index (χ1) is 9.61. The summed E-state index contributed by atoms with van der Waals surface area (Å²) in [5.41, 5.74) is 1.02. The van der Waals surface area contributed by atoms with Crippen molar-refractivity contribution >= 4 is 44.8 Å². The Labute approximate surface area is 130 Å². The molecule has 0 N–H and O–H groups in total. The first kappa shape index (κ1) is 13.6. The fraction of sp³-hybridized carbons (Fsp3) is 0.143. The van der Waals surface area contributed by atoms with Crippen LogP contribution in [0.25, 0.3) is 10.2 Å². The molecular formula is C14H10Cl2N2OS. The second-order valence-electron chi connectivity index (χ2n) is 4.29. The Kier molecular flexibility index (Phi) is 3.78. The van der Waals surface area contributed by atoms with Crippen LogP contribution in [0.4, 0.5) is 0 Å². The number of thiophene rings is 1. The topological polar surface area (TPSA) is 35.0 Å². The predicted octanol–water partition coefficient (Wildman–Crippen LogP) is 4.89. The van der Waals surface area contributed by atoms with Crippen molar-refractivity contribution in [2.24, 2.45) is 0 Å². The summed E-state index contributed by atoms with van der Waals surface area (Å²) in [5.74, 6) is 0.513. The van der Waals surface area contributed by atoms with E-state index in [9.17, 15) is 0 Å². The molecule has 0 fully saturated rings. The van der Waals surface area contributed by atoms with E-state index in [4.69, 9.17) is 27.9 Å². The van der Waals surface area contributed by atoms with Gasteiger partial charge in [-0.1, -0.05) is 23.7 Å². The number of halogens is 2. The first-order valence-electron chi connectivity index (χ1n) is 5.93. The highest BCUT2D eigenvalue weighted by atomic mass is 35.5. The van der Waals surface area contributed by atoms with Crippen LogP contribution in [0.3, 0.4) is 0 Å². The van der Waals surface area contributed by atoms with E-state index >= 15 is 0 Å². The van der Waals surface area contributed by atoms with Crippen LogP contribution in [-0.2, 0) is 6.61 Å². The smallest absolute Gasteiger partial charge is 0.227 e. The van der Waals surface area contributed by atoms with E-state index in [1.165, 1.54) is 0 Å². The number of ether oxygens (including phenoxy) is 1. The Morgan fingerprint density at radius 3 is 2.65 bits per heavy atom. The normalized spacial score (nSPS) is 10.9. The Morgan fingerprint density at radius 2 is 1.90 bits per heavy atom. The van der Waals surface area contributed by atoms with Gasteiger partial charge in [0.15, 0.2) is 0 Å². The molecule has 0 radical (unpaired) electrons. The van der Waals surface area contributed by atoms with Crippen LogP contribution in [0.1, 0.15) is 10.4 Å². The molecule has 0 unspecified atom stereocenters. The minimum atomic E-state index is 0.199. The zero-order valence-electron chi connectivity index (χ0n) is 10.6. The van der Waals surface area contributed by atoms with E-state index in [1.54, 1.807) is 11.3 Å². The molecule has 3 aromatic rings. The zero-order valence-corrected chi connectivity index (χ0v) is 12.9. The van der Waals surface area contributed by atoms with Gasteiger partial charge >= 0.3 is 0 Å². The molecule has 0 amide bonds. The van der Waals surface area contributed by atoms with E-state index in [2.05, 4.69) is 9.97 Å². The summed E-state index contributed by atoms with van der Waals surface area (Å²) in [6.45, 7) is 2.43. The van der Waals surface area contributed by atoms with Gasteiger partial charge in [0, 0.05) is 9.90 Å². The van der Waals surface area contributed by atoms with Crippen molar-refractivity contribution < 1.29 is 4.74 Å². The van der Waals surface area contributed by atoms with Gasteiger partial charge in [0.2, 0.25) is 11.2 Å². The SMILES string of the molecule is Cc1cc2c(OCc3ccc(Cl)cc3)nc(Cl)nc2s1. The van der Waals surface area contributed by atoms with Gasteiger partial charge in [0.25, 0.3) is 0 Å². The molecule has 0 aliphatic carbocycles. The molecule has 0 bridgehead atoms. The third-order valence-corrected chi connectivity index (χ3v) is 4.11. The number of fused-ring (bicyclic) bond motifs is 1. The largest absolute Gasteiger partial charge is 0.472 e. The Hall–Kier alpha value is -1.36. The van der Waals surface area contributed by atoms with Gasteiger partial charge in [-0.25, -0.2) is 4.98 Å². The highest BCUT2D eigenvalue weighted by Gasteiger charge is 2.11. The number of hydrogen-bond acceptors (Lipinski definition) is 4. The monoisotopic (exact) mass is 324 g/mol. The van der Waals surface area contributed by atoms with E-state index in [0.717, 1.165) is 20.7 Å². The fourth-order valence-corrected chi connectivity index (χ4v) is 3.04. The summed E-state index contributed by atoms with van der Waals surface area (Å²) in [4.78, 5) is 10.3. The quantitative estimate of drug-likeness (QED) is 0.643. The predicted molar refractivity (Wildman–Crippen MR) is 82.9 cm³/mol. The van der Waals surface area contributed by atoms with E-state index in [0.29, 0.717) is 17.5 Å². The minimum absolute atomic E-state index is 0.199. The highest BCUT2D eigenvalue weighted by Crippen LogP contribution is 2.31. The number of nitrogens with zero attached hydrogens (tertiary/aromatic N) is 2. The van der Waals surface area contributed by atoms with Crippen molar-refractivity contribution in [2.45, 2.75) is 13.5 Å². The van der Waals surface area contributed by atoms with Crippen LogP contribution in [0, 0.1) is 6.92 Å². The third-order valence-electron chi connectivity index (χ3n) is 2.74. The maximum atomic E-state index is 5.92. The molecule has 2 aromatic heterocycles. The minimum Gasteiger partial charge on any atom is -0.472 e. The van der Waals surface area contributed by atoms with Crippen LogP contribution in [0.2, 0.25) is 10.3 Å². The van der Waals surface area contributed by atoms with Crippen LogP contribution < -0.4 is 4.74 Å². The molecule has 2 heterocycles. The second-order valence-corrected chi connectivity index (χ2v) is 6.30. The van der Waals surface area contributed by atoms with Gasteiger partial charge in [0.1, 0.15) is 11.4 Å². The average molecular weight is 325 g/mol. The molecule has 3 rings (SSSR count). The molecular weight excluding hydrogens is 315 g/mol. The highest BCUT2D eigenvalue weighted by molar-refractivity contribution is 7.18. The van der Waals surface area contributed by atoms with Crippen molar-refractivity contribution in [3.8, 4) is 5.88 Å². The van der Waals surface area contributed by atoms with Crippen molar-refractivity contribution in [1.82, 2.24) is 9.97 Å². The van der Waals surface area contributed by atoms with Crippen molar-refractivity contribution in [2.75, 3.05) is 0 Å². The van der Waals surface area contributed by atoms with Gasteiger partial charge in [0.05, 0.1) is 5.39 Å². The summed E-state index contributed by atoms with van der Waals surface area (Å²) >= 11 is 13.3. The number of rotatable bonds is 3. The van der Waals surface area contributed by atoms with Gasteiger partial charge < -0.3 is 4.74 Å². The van der Waals surface area contributed by atoms with Crippen LogP contribution in [0.5, 0.6) is 5.88 Å². The lowest BCUT2D eigenvalue weighted by atomic mass is 10.2. The van der Waals surface area contributed by atoms with Crippen LogP contribution >= 0.6 is 34.5 Å². The van der Waals surface area contributed by atoms with E-state index in [-0.39, 0.29) is 5.28 Å². The summed E-state index contributed by atoms with van der Waals surface area (Å²) in [6, 6.07) is 9.50. The lowest BCUT2D eigenvalue weighted by molar-refractivity contribution is 0.298. The fourth-order valence-electron chi connectivity index (χ4n) is 1.83. The lowest BCUT2D eigenvalue weighted by Crippen LogP contribution is -1.98. The van der Waals surface area contributed by atoms with E-state index < -0.39 is 0 Å². The number of aryl methyl sites for hydroxylation is 1. The van der Waals surface area contributed by atoms with Crippen molar-refractivity contribution in [3.05, 3.63) is 51.1 Å². The molecule has 0 spiro atoms. The molecule has 102 valence electrons. The maximum Gasteiger partial charge on any atom is 0.227 e. The van der Waals surface area contributed by atoms with E-state index in [1.807, 2.05) is 37.3 Å². The molecule has 3 nitrogen and oxygen atoms in total. The van der Waals surface area contributed by atoms with Crippen molar-refractivity contribution in [3.63, 3.8) is 0 Å². The summed E-state index contributed by atoms with van der Waals surface area (Å²) in [5, 5.41) is 1.80. The maximum absolute atomic E-state index is 5.92. The molecule has 0 aliphatic heterocycles. The third kappa shape index (κ3) is 2.87. The first-order valence-corrected chi connectivity index (χ1v) is 7.50. The second kappa shape index (κ2) is 5.56. The molecule has 6 heteroatoms. The van der Waals surface area contributed by atoms with Gasteiger partial charge in [-0.05, 0) is 42.3 Å². The Bertz CT molecular complexity index is 756. The molecule has 0 saturated carbocycles. The molecule has 1 aromatic carbocycles. The van der Waals surface area contributed by atoms with Crippen molar-refractivity contribution in [1.29, 1.82) is 0 Å². The molecule has 0 atom stereocenters.